The maximum Gasteiger partial charge on any atom is 0.0913 e. The lowest BCUT2D eigenvalue weighted by Gasteiger charge is -2.10. The molecule has 3 N–H and O–H groups in total. The van der Waals surface area contributed by atoms with Crippen LogP contribution >= 0.6 is 24.2 Å². The first-order chi connectivity index (χ1) is 8.08. The average molecular weight is 289 g/mol. The number of nitrogens with two attached hydrogens (primary N) is 1. The van der Waals surface area contributed by atoms with Crippen LogP contribution in [0.4, 0.5) is 0 Å². The van der Waals surface area contributed by atoms with Crippen LogP contribution in [0.25, 0.3) is 0 Å². The van der Waals surface area contributed by atoms with Crippen LogP contribution in [0.3, 0.4) is 0 Å². The first-order valence-electron chi connectivity index (χ1n) is 5.57. The number of nitrogens with zero attached hydrogens (tertiary/aromatic N) is 2. The summed E-state index contributed by atoms with van der Waals surface area (Å²) < 4.78 is 0. The highest BCUT2D eigenvalue weighted by Gasteiger charge is 2.00. The molecule has 4 nitrogen and oxygen atoms in total. The van der Waals surface area contributed by atoms with Crippen molar-refractivity contribution in [2.24, 2.45) is 5.73 Å². The standard InChI is InChI=1S/C12H20N4S.ClH/c1-16(2)8-10-3-5-15-11(7-10)9-17-6-4-12(13)14;/h3,5,7H,4,6,8-9H2,1-2H3,(H3,13,14);1H. The first kappa shape index (κ1) is 17.2. The molecular formula is C12H21ClN4S. The lowest BCUT2D eigenvalue weighted by atomic mass is 10.2. The monoisotopic (exact) mass is 288 g/mol. The lowest BCUT2D eigenvalue weighted by molar-refractivity contribution is 0.402. The number of hydrogen-bond acceptors (Lipinski definition) is 4. The molecule has 1 aromatic heterocycles. The Kier molecular flexibility index (Phi) is 8.79. The molecule has 0 aliphatic carbocycles. The molecule has 0 bridgehead atoms. The molecule has 0 aliphatic rings. The number of halogens is 1. The highest BCUT2D eigenvalue weighted by Crippen LogP contribution is 2.12. The Bertz CT molecular complexity index is 371. The van der Waals surface area contributed by atoms with Gasteiger partial charge in [0.1, 0.15) is 0 Å². The van der Waals surface area contributed by atoms with E-state index in [0.717, 1.165) is 23.7 Å². The molecule has 102 valence electrons. The second-order valence-corrected chi connectivity index (χ2v) is 5.33. The molecule has 1 heterocycles. The molecule has 1 aromatic rings. The van der Waals surface area contributed by atoms with Gasteiger partial charge >= 0.3 is 0 Å². The van der Waals surface area contributed by atoms with Gasteiger partial charge in [-0.1, -0.05) is 0 Å². The minimum Gasteiger partial charge on any atom is -0.388 e. The van der Waals surface area contributed by atoms with Crippen LogP contribution in [-0.4, -0.2) is 35.6 Å². The summed E-state index contributed by atoms with van der Waals surface area (Å²) in [5, 5.41) is 7.13. The van der Waals surface area contributed by atoms with Crippen LogP contribution in [-0.2, 0) is 12.3 Å². The minimum atomic E-state index is 0. The molecular weight excluding hydrogens is 268 g/mol. The van der Waals surface area contributed by atoms with Crippen molar-refractivity contribution in [3.63, 3.8) is 0 Å². The molecule has 0 saturated carbocycles. The summed E-state index contributed by atoms with van der Waals surface area (Å²) in [5.74, 6) is 2.02. The molecule has 0 amide bonds. The molecule has 0 unspecified atom stereocenters. The van der Waals surface area contributed by atoms with Crippen LogP contribution in [0.15, 0.2) is 18.3 Å². The van der Waals surface area contributed by atoms with E-state index < -0.39 is 0 Å². The predicted molar refractivity (Wildman–Crippen MR) is 81.6 cm³/mol. The van der Waals surface area contributed by atoms with Crippen molar-refractivity contribution in [1.82, 2.24) is 9.88 Å². The van der Waals surface area contributed by atoms with Crippen molar-refractivity contribution in [2.75, 3.05) is 19.8 Å². The summed E-state index contributed by atoms with van der Waals surface area (Å²) in [7, 11) is 4.11. The topological polar surface area (TPSA) is 66.0 Å². The summed E-state index contributed by atoms with van der Waals surface area (Å²) in [4.78, 5) is 6.48. The maximum atomic E-state index is 7.13. The second kappa shape index (κ2) is 9.19. The zero-order valence-corrected chi connectivity index (χ0v) is 12.5. The fourth-order valence-electron chi connectivity index (χ4n) is 1.43. The number of pyridine rings is 1. The zero-order valence-electron chi connectivity index (χ0n) is 10.8. The summed E-state index contributed by atoms with van der Waals surface area (Å²) >= 11 is 1.77. The summed E-state index contributed by atoms with van der Waals surface area (Å²) in [6.07, 6.45) is 2.52. The van der Waals surface area contributed by atoms with Crippen LogP contribution < -0.4 is 5.73 Å². The summed E-state index contributed by atoms with van der Waals surface area (Å²) in [6.45, 7) is 0.938. The minimum absolute atomic E-state index is 0. The number of nitrogens with one attached hydrogen (secondary N) is 1. The van der Waals surface area contributed by atoms with E-state index in [0.29, 0.717) is 6.42 Å². The van der Waals surface area contributed by atoms with Crippen molar-refractivity contribution >= 4 is 30.0 Å². The van der Waals surface area contributed by atoms with Gasteiger partial charge in [-0.05, 0) is 31.8 Å². The third kappa shape index (κ3) is 7.53. The van der Waals surface area contributed by atoms with Gasteiger partial charge in [0.05, 0.1) is 11.5 Å². The Hall–Kier alpha value is -0.780. The predicted octanol–water partition coefficient (Wildman–Crippen LogP) is 2.12. The smallest absolute Gasteiger partial charge is 0.0913 e. The molecule has 1 rings (SSSR count). The van der Waals surface area contributed by atoms with E-state index in [9.17, 15) is 0 Å². The van der Waals surface area contributed by atoms with Crippen molar-refractivity contribution < 1.29 is 0 Å². The zero-order chi connectivity index (χ0) is 12.7. The van der Waals surface area contributed by atoms with E-state index >= 15 is 0 Å². The van der Waals surface area contributed by atoms with Crippen molar-refractivity contribution in [3.8, 4) is 0 Å². The molecule has 0 aliphatic heterocycles. The summed E-state index contributed by atoms with van der Waals surface area (Å²) in [6, 6.07) is 4.19. The van der Waals surface area contributed by atoms with E-state index in [1.165, 1.54) is 5.56 Å². The van der Waals surface area contributed by atoms with Gasteiger partial charge in [-0.25, -0.2) is 0 Å². The van der Waals surface area contributed by atoms with E-state index in [1.807, 2.05) is 12.3 Å². The van der Waals surface area contributed by atoms with E-state index in [4.69, 9.17) is 11.1 Å². The van der Waals surface area contributed by atoms with Crippen LogP contribution in [0.2, 0.25) is 0 Å². The van der Waals surface area contributed by atoms with Gasteiger partial charge in [0.2, 0.25) is 0 Å². The van der Waals surface area contributed by atoms with Crippen molar-refractivity contribution in [3.05, 3.63) is 29.6 Å². The fourth-order valence-corrected chi connectivity index (χ4v) is 2.31. The Morgan fingerprint density at radius 1 is 1.50 bits per heavy atom. The van der Waals surface area contributed by atoms with Crippen LogP contribution in [0.1, 0.15) is 17.7 Å². The van der Waals surface area contributed by atoms with E-state index in [1.54, 1.807) is 11.8 Å². The number of amidine groups is 1. The van der Waals surface area contributed by atoms with Gasteiger partial charge in [-0.3, -0.25) is 10.4 Å². The molecule has 6 heteroatoms. The summed E-state index contributed by atoms with van der Waals surface area (Å²) in [5.41, 5.74) is 7.68. The number of aromatic nitrogens is 1. The fraction of sp³-hybridized carbons (Fsp3) is 0.500. The third-order valence-electron chi connectivity index (χ3n) is 2.15. The van der Waals surface area contributed by atoms with Crippen LogP contribution in [0, 0.1) is 5.41 Å². The van der Waals surface area contributed by atoms with E-state index in [2.05, 4.69) is 30.0 Å². The number of rotatable bonds is 7. The Morgan fingerprint density at radius 3 is 2.83 bits per heavy atom. The molecule has 0 radical (unpaired) electrons. The first-order valence-corrected chi connectivity index (χ1v) is 6.72. The number of thioether (sulfide) groups is 1. The van der Waals surface area contributed by atoms with Gasteiger partial charge in [-0.2, -0.15) is 11.8 Å². The molecule has 0 aromatic carbocycles. The molecule has 18 heavy (non-hydrogen) atoms. The third-order valence-corrected chi connectivity index (χ3v) is 3.14. The van der Waals surface area contributed by atoms with Gasteiger partial charge in [0.25, 0.3) is 0 Å². The quantitative estimate of drug-likeness (QED) is 0.458. The Morgan fingerprint density at radius 2 is 2.22 bits per heavy atom. The maximum absolute atomic E-state index is 7.13. The Balaban J connectivity index is 0.00000289. The largest absolute Gasteiger partial charge is 0.388 e. The Labute approximate surface area is 119 Å². The molecule has 0 saturated heterocycles. The van der Waals surface area contributed by atoms with Gasteiger partial charge in [0.15, 0.2) is 0 Å². The van der Waals surface area contributed by atoms with E-state index in [-0.39, 0.29) is 18.2 Å². The van der Waals surface area contributed by atoms with Crippen molar-refractivity contribution in [2.45, 2.75) is 18.7 Å². The SMILES string of the molecule is CN(C)Cc1ccnc(CSCCC(=N)N)c1.Cl. The average Bonchev–Trinajstić information content (AvgIpc) is 2.24. The lowest BCUT2D eigenvalue weighted by Crippen LogP contribution is -2.11. The molecule has 0 atom stereocenters. The van der Waals surface area contributed by atoms with Crippen LogP contribution in [0.5, 0.6) is 0 Å². The molecule has 0 spiro atoms. The van der Waals surface area contributed by atoms with Gasteiger partial charge in [-0.15, -0.1) is 12.4 Å². The number of hydrogen-bond donors (Lipinski definition) is 2. The van der Waals surface area contributed by atoms with Gasteiger partial charge < -0.3 is 10.6 Å². The highest BCUT2D eigenvalue weighted by atomic mass is 35.5. The highest BCUT2D eigenvalue weighted by molar-refractivity contribution is 7.98. The second-order valence-electron chi connectivity index (χ2n) is 4.22. The molecule has 0 fully saturated rings. The van der Waals surface area contributed by atoms with Gasteiger partial charge in [0, 0.05) is 30.7 Å². The normalized spacial score (nSPS) is 10.2. The van der Waals surface area contributed by atoms with Crippen molar-refractivity contribution in [1.29, 1.82) is 5.41 Å².